The number of ether oxygens (including phenoxy) is 4. The van der Waals surface area contributed by atoms with Gasteiger partial charge in [0.1, 0.15) is 28.6 Å². The molecule has 0 amide bonds. The van der Waals surface area contributed by atoms with Gasteiger partial charge in [-0.25, -0.2) is 0 Å². The molecule has 1 saturated heterocycles. The van der Waals surface area contributed by atoms with Crippen molar-refractivity contribution in [3.05, 3.63) is 52.0 Å². The summed E-state index contributed by atoms with van der Waals surface area (Å²) in [6, 6.07) is 11.6. The SMILES string of the molecule is COc1cc(C(C)=NCC(=O)C(OC)c2ccc(N3CCOCC3)cc2)cc(OC)c1Br. The summed E-state index contributed by atoms with van der Waals surface area (Å²) in [5, 5.41) is 0. The summed E-state index contributed by atoms with van der Waals surface area (Å²) < 4.78 is 22.4. The number of Topliss-reactive ketones (excluding diaryl/α,β-unsaturated/α-hetero) is 1. The molecule has 1 unspecified atom stereocenters. The second-order valence-corrected chi connectivity index (χ2v) is 8.16. The highest BCUT2D eigenvalue weighted by atomic mass is 79.9. The van der Waals surface area contributed by atoms with Crippen molar-refractivity contribution < 1.29 is 23.7 Å². The number of nitrogens with zero attached hydrogens (tertiary/aromatic N) is 2. The lowest BCUT2D eigenvalue weighted by atomic mass is 10.0. The minimum absolute atomic E-state index is 0.0102. The lowest BCUT2D eigenvalue weighted by molar-refractivity contribution is -0.127. The number of halogens is 1. The van der Waals surface area contributed by atoms with E-state index in [4.69, 9.17) is 18.9 Å². The van der Waals surface area contributed by atoms with Crippen molar-refractivity contribution in [1.29, 1.82) is 0 Å². The molecule has 0 spiro atoms. The molecule has 2 aromatic carbocycles. The predicted molar refractivity (Wildman–Crippen MR) is 129 cm³/mol. The Morgan fingerprint density at radius 2 is 1.69 bits per heavy atom. The molecule has 0 aromatic heterocycles. The highest BCUT2D eigenvalue weighted by molar-refractivity contribution is 9.10. The van der Waals surface area contributed by atoms with E-state index in [1.807, 2.05) is 43.3 Å². The number of hydrogen-bond acceptors (Lipinski definition) is 7. The third-order valence-corrected chi connectivity index (χ3v) is 6.22. The van der Waals surface area contributed by atoms with E-state index in [2.05, 4.69) is 25.8 Å². The van der Waals surface area contributed by atoms with Crippen LogP contribution in [0, 0.1) is 0 Å². The number of anilines is 1. The van der Waals surface area contributed by atoms with E-state index < -0.39 is 6.10 Å². The topological polar surface area (TPSA) is 69.6 Å². The second-order valence-electron chi connectivity index (χ2n) is 7.37. The third kappa shape index (κ3) is 5.68. The van der Waals surface area contributed by atoms with Crippen molar-refractivity contribution >= 4 is 33.1 Å². The molecular weight excluding hydrogens is 476 g/mol. The summed E-state index contributed by atoms with van der Waals surface area (Å²) in [7, 11) is 4.72. The first kappa shape index (κ1) is 24.2. The zero-order chi connectivity index (χ0) is 23.1. The van der Waals surface area contributed by atoms with Crippen molar-refractivity contribution in [2.45, 2.75) is 13.0 Å². The molecule has 2 aromatic rings. The number of carbonyl (C=O) groups is 1. The van der Waals surface area contributed by atoms with Gasteiger partial charge in [-0.2, -0.15) is 0 Å². The van der Waals surface area contributed by atoms with Crippen LogP contribution in [0.15, 0.2) is 45.9 Å². The molecule has 3 rings (SSSR count). The first-order valence-electron chi connectivity index (χ1n) is 10.4. The van der Waals surface area contributed by atoms with Crippen molar-refractivity contribution in [2.24, 2.45) is 4.99 Å². The Morgan fingerprint density at radius 1 is 1.09 bits per heavy atom. The smallest absolute Gasteiger partial charge is 0.187 e. The first-order valence-corrected chi connectivity index (χ1v) is 11.2. The molecule has 0 bridgehead atoms. The van der Waals surface area contributed by atoms with E-state index >= 15 is 0 Å². The van der Waals surface area contributed by atoms with Crippen LogP contribution in [0.2, 0.25) is 0 Å². The Bertz CT molecular complexity index is 930. The van der Waals surface area contributed by atoms with Crippen LogP contribution in [0.4, 0.5) is 5.69 Å². The molecular formula is C24H29BrN2O5. The average molecular weight is 505 g/mol. The van der Waals surface area contributed by atoms with E-state index in [1.165, 1.54) is 0 Å². The van der Waals surface area contributed by atoms with Crippen LogP contribution >= 0.6 is 15.9 Å². The normalized spacial score (nSPS) is 15.4. The van der Waals surface area contributed by atoms with E-state index in [1.54, 1.807) is 21.3 Å². The van der Waals surface area contributed by atoms with Gasteiger partial charge in [-0.15, -0.1) is 0 Å². The van der Waals surface area contributed by atoms with Crippen LogP contribution in [0.1, 0.15) is 24.2 Å². The molecule has 7 nitrogen and oxygen atoms in total. The van der Waals surface area contributed by atoms with Crippen LogP contribution in [-0.2, 0) is 14.3 Å². The number of hydrogen-bond donors (Lipinski definition) is 0. The second kappa shape index (κ2) is 11.4. The Morgan fingerprint density at radius 3 is 2.22 bits per heavy atom. The summed E-state index contributed by atoms with van der Waals surface area (Å²) in [5.74, 6) is 1.16. The Labute approximate surface area is 197 Å². The number of benzene rings is 2. The van der Waals surface area contributed by atoms with Gasteiger partial charge in [-0.1, -0.05) is 12.1 Å². The van der Waals surface area contributed by atoms with E-state index in [0.29, 0.717) is 17.2 Å². The fraction of sp³-hybridized carbons (Fsp3) is 0.417. The van der Waals surface area contributed by atoms with Gasteiger partial charge >= 0.3 is 0 Å². The monoisotopic (exact) mass is 504 g/mol. The molecule has 32 heavy (non-hydrogen) atoms. The van der Waals surface area contributed by atoms with Crippen molar-refractivity contribution in [3.8, 4) is 11.5 Å². The zero-order valence-corrected chi connectivity index (χ0v) is 20.5. The van der Waals surface area contributed by atoms with Crippen molar-refractivity contribution in [2.75, 3.05) is 59.1 Å². The molecule has 0 N–H and O–H groups in total. The number of carbonyl (C=O) groups excluding carboxylic acids is 1. The summed E-state index contributed by atoms with van der Waals surface area (Å²) in [6.45, 7) is 5.06. The number of aliphatic imine (C=N–C) groups is 1. The first-order chi connectivity index (χ1) is 15.5. The van der Waals surface area contributed by atoms with Gasteiger partial charge in [0.2, 0.25) is 0 Å². The van der Waals surface area contributed by atoms with Gasteiger partial charge in [-0.3, -0.25) is 9.79 Å². The van der Waals surface area contributed by atoms with Gasteiger partial charge in [-0.05, 0) is 52.7 Å². The Kier molecular flexibility index (Phi) is 8.67. The number of morpholine rings is 1. The maximum Gasteiger partial charge on any atom is 0.187 e. The molecule has 8 heteroatoms. The molecule has 0 radical (unpaired) electrons. The van der Waals surface area contributed by atoms with Crippen LogP contribution in [0.5, 0.6) is 11.5 Å². The van der Waals surface area contributed by atoms with Gasteiger partial charge in [0.05, 0.1) is 27.4 Å². The van der Waals surface area contributed by atoms with Crippen molar-refractivity contribution in [1.82, 2.24) is 0 Å². The summed E-state index contributed by atoms with van der Waals surface area (Å²) in [4.78, 5) is 19.6. The Balaban J connectivity index is 1.71. The van der Waals surface area contributed by atoms with E-state index in [-0.39, 0.29) is 12.3 Å². The lowest BCUT2D eigenvalue weighted by Gasteiger charge is -2.29. The fourth-order valence-corrected chi connectivity index (χ4v) is 4.14. The number of rotatable bonds is 9. The van der Waals surface area contributed by atoms with E-state index in [0.717, 1.165) is 47.6 Å². The van der Waals surface area contributed by atoms with Gasteiger partial charge in [0, 0.05) is 37.2 Å². The van der Waals surface area contributed by atoms with Gasteiger partial charge in [0.25, 0.3) is 0 Å². The standard InChI is InChI=1S/C24H29BrN2O5/c1-16(18-13-21(29-2)23(25)22(14-18)30-3)26-15-20(28)24(31-4)17-5-7-19(8-6-17)27-9-11-32-12-10-27/h5-8,13-14,24H,9-12,15H2,1-4H3. The van der Waals surface area contributed by atoms with Crippen molar-refractivity contribution in [3.63, 3.8) is 0 Å². The Hall–Kier alpha value is -2.42. The average Bonchev–Trinajstić information content (AvgIpc) is 2.84. The summed E-state index contributed by atoms with van der Waals surface area (Å²) in [5.41, 5.74) is 3.46. The highest BCUT2D eigenvalue weighted by Crippen LogP contribution is 2.35. The molecule has 1 atom stereocenters. The van der Waals surface area contributed by atoms with Crippen LogP contribution in [0.25, 0.3) is 0 Å². The number of ketones is 1. The molecule has 1 aliphatic rings. The molecule has 172 valence electrons. The molecule has 1 heterocycles. The molecule has 1 aliphatic heterocycles. The van der Waals surface area contributed by atoms with Crippen LogP contribution < -0.4 is 14.4 Å². The quantitative estimate of drug-likeness (QED) is 0.479. The largest absolute Gasteiger partial charge is 0.495 e. The zero-order valence-electron chi connectivity index (χ0n) is 18.9. The van der Waals surface area contributed by atoms with E-state index in [9.17, 15) is 4.79 Å². The summed E-state index contributed by atoms with van der Waals surface area (Å²) >= 11 is 3.46. The molecule has 0 saturated carbocycles. The van der Waals surface area contributed by atoms with Gasteiger partial charge in [0.15, 0.2) is 5.78 Å². The lowest BCUT2D eigenvalue weighted by Crippen LogP contribution is -2.36. The maximum atomic E-state index is 12.9. The fourth-order valence-electron chi connectivity index (χ4n) is 3.58. The predicted octanol–water partition coefficient (Wildman–Crippen LogP) is 4.07. The van der Waals surface area contributed by atoms with Crippen LogP contribution in [-0.4, -0.2) is 65.7 Å². The number of methoxy groups -OCH3 is 3. The third-order valence-electron chi connectivity index (χ3n) is 5.44. The minimum Gasteiger partial charge on any atom is -0.495 e. The maximum absolute atomic E-state index is 12.9. The molecule has 1 fully saturated rings. The summed E-state index contributed by atoms with van der Waals surface area (Å²) in [6.07, 6.45) is -0.667. The minimum atomic E-state index is -0.667. The van der Waals surface area contributed by atoms with Gasteiger partial charge < -0.3 is 23.8 Å². The molecule has 0 aliphatic carbocycles. The highest BCUT2D eigenvalue weighted by Gasteiger charge is 2.21. The van der Waals surface area contributed by atoms with Crippen LogP contribution in [0.3, 0.4) is 0 Å².